The zero-order valence-corrected chi connectivity index (χ0v) is 9.49. The van der Waals surface area contributed by atoms with E-state index in [4.69, 9.17) is 0 Å². The van der Waals surface area contributed by atoms with Gasteiger partial charge in [0.25, 0.3) is 0 Å². The van der Waals surface area contributed by atoms with Crippen molar-refractivity contribution < 1.29 is 8.78 Å². The molecule has 2 heteroatoms. The Hall–Kier alpha value is -0.920. The van der Waals surface area contributed by atoms with E-state index in [2.05, 4.69) is 0 Å². The van der Waals surface area contributed by atoms with Crippen molar-refractivity contribution in [3.63, 3.8) is 0 Å². The number of hydrogen-bond acceptors (Lipinski definition) is 0. The third-order valence-corrected chi connectivity index (χ3v) is 1.97. The summed E-state index contributed by atoms with van der Waals surface area (Å²) in [6.07, 6.45) is 0. The van der Waals surface area contributed by atoms with E-state index in [-0.39, 0.29) is 11.5 Å². The van der Waals surface area contributed by atoms with Crippen LogP contribution in [0.25, 0.3) is 0 Å². The number of halogens is 2. The standard InChI is InChI=1S/C10H12F2.C2H6/c1-6(2)8-4-5-9(11)7(3)10(8)12;1-2/h4-6H,1-3H3;1-2H3. The van der Waals surface area contributed by atoms with Gasteiger partial charge in [0.2, 0.25) is 0 Å². The summed E-state index contributed by atoms with van der Waals surface area (Å²) in [5, 5.41) is 0. The van der Waals surface area contributed by atoms with Crippen molar-refractivity contribution in [2.75, 3.05) is 0 Å². The molecule has 0 N–H and O–H groups in total. The van der Waals surface area contributed by atoms with E-state index in [1.165, 1.54) is 19.1 Å². The summed E-state index contributed by atoms with van der Waals surface area (Å²) < 4.78 is 26.1. The lowest BCUT2D eigenvalue weighted by Crippen LogP contribution is -1.97. The molecule has 0 spiro atoms. The molecular weight excluding hydrogens is 182 g/mol. The van der Waals surface area contributed by atoms with Gasteiger partial charge in [-0.15, -0.1) is 0 Å². The molecule has 0 heterocycles. The average Bonchev–Trinajstić information content (AvgIpc) is 2.17. The van der Waals surface area contributed by atoms with Gasteiger partial charge in [-0.1, -0.05) is 33.8 Å². The second-order valence-electron chi connectivity index (χ2n) is 3.23. The molecule has 0 amide bonds. The topological polar surface area (TPSA) is 0 Å². The fraction of sp³-hybridized carbons (Fsp3) is 0.500. The van der Waals surface area contributed by atoms with Crippen LogP contribution in [0.4, 0.5) is 8.78 Å². The molecule has 80 valence electrons. The minimum Gasteiger partial charge on any atom is -0.207 e. The van der Waals surface area contributed by atoms with Gasteiger partial charge in [-0.05, 0) is 24.5 Å². The highest BCUT2D eigenvalue weighted by Gasteiger charge is 2.11. The highest BCUT2D eigenvalue weighted by atomic mass is 19.1. The smallest absolute Gasteiger partial charge is 0.132 e. The van der Waals surface area contributed by atoms with Crippen LogP contribution in [0.15, 0.2) is 12.1 Å². The third kappa shape index (κ3) is 2.79. The number of benzene rings is 1. The maximum absolute atomic E-state index is 13.3. The van der Waals surface area contributed by atoms with Gasteiger partial charge in [0.05, 0.1) is 0 Å². The molecule has 1 rings (SSSR count). The fourth-order valence-corrected chi connectivity index (χ4v) is 1.13. The van der Waals surface area contributed by atoms with Crippen molar-refractivity contribution in [1.82, 2.24) is 0 Å². The molecule has 0 aromatic heterocycles. The van der Waals surface area contributed by atoms with E-state index in [1.54, 1.807) is 0 Å². The first-order valence-corrected chi connectivity index (χ1v) is 4.98. The Morgan fingerprint density at radius 1 is 1.07 bits per heavy atom. The van der Waals surface area contributed by atoms with Crippen molar-refractivity contribution in [1.29, 1.82) is 0 Å². The van der Waals surface area contributed by atoms with Crippen molar-refractivity contribution in [3.05, 3.63) is 34.9 Å². The summed E-state index contributed by atoms with van der Waals surface area (Å²) in [6, 6.07) is 2.82. The zero-order valence-electron chi connectivity index (χ0n) is 9.49. The van der Waals surface area contributed by atoms with Crippen LogP contribution in [0.3, 0.4) is 0 Å². The maximum atomic E-state index is 13.3. The number of hydrogen-bond donors (Lipinski definition) is 0. The predicted octanol–water partition coefficient (Wildman–Crippen LogP) is 4.42. The quantitative estimate of drug-likeness (QED) is 0.629. The van der Waals surface area contributed by atoms with Crippen LogP contribution in [0.1, 0.15) is 44.7 Å². The van der Waals surface area contributed by atoms with Crippen LogP contribution < -0.4 is 0 Å². The second kappa shape index (κ2) is 5.74. The maximum Gasteiger partial charge on any atom is 0.132 e. The summed E-state index contributed by atoms with van der Waals surface area (Å²) in [5.74, 6) is -0.786. The normalized spacial score (nSPS) is 9.71. The molecule has 14 heavy (non-hydrogen) atoms. The summed E-state index contributed by atoms with van der Waals surface area (Å²) in [5.41, 5.74) is 0.690. The molecule has 0 nitrogen and oxygen atoms in total. The summed E-state index contributed by atoms with van der Waals surface area (Å²) in [4.78, 5) is 0. The second-order valence-corrected chi connectivity index (χ2v) is 3.23. The van der Waals surface area contributed by atoms with Gasteiger partial charge in [-0.3, -0.25) is 0 Å². The third-order valence-electron chi connectivity index (χ3n) is 1.97. The van der Waals surface area contributed by atoms with Crippen LogP contribution in [-0.4, -0.2) is 0 Å². The molecule has 0 aliphatic rings. The molecular formula is C12H18F2. The van der Waals surface area contributed by atoms with Crippen LogP contribution in [0.2, 0.25) is 0 Å². The minimum absolute atomic E-state index is 0.101. The largest absolute Gasteiger partial charge is 0.207 e. The Bertz CT molecular complexity index is 291. The monoisotopic (exact) mass is 200 g/mol. The van der Waals surface area contributed by atoms with Gasteiger partial charge >= 0.3 is 0 Å². The van der Waals surface area contributed by atoms with Gasteiger partial charge in [0.1, 0.15) is 11.6 Å². The molecule has 0 aliphatic carbocycles. The first-order valence-electron chi connectivity index (χ1n) is 4.98. The Kier molecular flexibility index (Phi) is 5.36. The number of rotatable bonds is 1. The van der Waals surface area contributed by atoms with Crippen molar-refractivity contribution in [3.8, 4) is 0 Å². The minimum atomic E-state index is -0.475. The lowest BCUT2D eigenvalue weighted by Gasteiger charge is -2.08. The molecule has 0 atom stereocenters. The SMILES string of the molecule is CC.Cc1c(F)ccc(C(C)C)c1F. The molecule has 0 unspecified atom stereocenters. The first-order chi connectivity index (χ1) is 6.54. The summed E-state index contributed by atoms with van der Waals surface area (Å²) >= 11 is 0. The molecule has 1 aromatic rings. The van der Waals surface area contributed by atoms with E-state index < -0.39 is 11.6 Å². The van der Waals surface area contributed by atoms with Crippen LogP contribution in [0, 0.1) is 18.6 Å². The fourth-order valence-electron chi connectivity index (χ4n) is 1.13. The van der Waals surface area contributed by atoms with Crippen molar-refractivity contribution in [2.45, 2.75) is 40.5 Å². The van der Waals surface area contributed by atoms with Gasteiger partial charge in [0.15, 0.2) is 0 Å². The van der Waals surface area contributed by atoms with Crippen LogP contribution in [-0.2, 0) is 0 Å². The predicted molar refractivity (Wildman–Crippen MR) is 56.5 cm³/mol. The molecule has 0 fully saturated rings. The van der Waals surface area contributed by atoms with Gasteiger partial charge in [0, 0.05) is 5.56 Å². The van der Waals surface area contributed by atoms with E-state index in [9.17, 15) is 8.78 Å². The Morgan fingerprint density at radius 3 is 2.00 bits per heavy atom. The van der Waals surface area contributed by atoms with Crippen LogP contribution >= 0.6 is 0 Å². The highest BCUT2D eigenvalue weighted by molar-refractivity contribution is 5.28. The van der Waals surface area contributed by atoms with Gasteiger partial charge < -0.3 is 0 Å². The molecule has 0 saturated heterocycles. The molecule has 0 radical (unpaired) electrons. The molecule has 0 bridgehead atoms. The Balaban J connectivity index is 0.000000791. The van der Waals surface area contributed by atoms with Crippen molar-refractivity contribution in [2.24, 2.45) is 0 Å². The van der Waals surface area contributed by atoms with E-state index >= 15 is 0 Å². The van der Waals surface area contributed by atoms with Crippen LogP contribution in [0.5, 0.6) is 0 Å². The summed E-state index contributed by atoms with van der Waals surface area (Å²) in [7, 11) is 0. The van der Waals surface area contributed by atoms with Gasteiger partial charge in [-0.2, -0.15) is 0 Å². The zero-order chi connectivity index (χ0) is 11.3. The Labute approximate surface area is 85.0 Å². The molecule has 0 saturated carbocycles. The lowest BCUT2D eigenvalue weighted by atomic mass is 10.00. The van der Waals surface area contributed by atoms with E-state index in [0.29, 0.717) is 5.56 Å². The van der Waals surface area contributed by atoms with E-state index in [1.807, 2.05) is 27.7 Å². The van der Waals surface area contributed by atoms with E-state index in [0.717, 1.165) is 0 Å². The Morgan fingerprint density at radius 2 is 1.57 bits per heavy atom. The lowest BCUT2D eigenvalue weighted by molar-refractivity contribution is 0.551. The molecule has 1 aromatic carbocycles. The first kappa shape index (κ1) is 13.1. The summed E-state index contributed by atoms with van der Waals surface area (Å²) in [6.45, 7) is 9.22. The molecule has 0 aliphatic heterocycles. The average molecular weight is 200 g/mol. The van der Waals surface area contributed by atoms with Gasteiger partial charge in [-0.25, -0.2) is 8.78 Å². The highest BCUT2D eigenvalue weighted by Crippen LogP contribution is 2.22. The van der Waals surface area contributed by atoms with Crippen molar-refractivity contribution >= 4 is 0 Å².